The molecular weight excluding hydrogens is 363 g/mol. The van der Waals surface area contributed by atoms with Gasteiger partial charge < -0.3 is 19.3 Å². The maximum Gasteiger partial charge on any atom is 0.271 e. The van der Waals surface area contributed by atoms with E-state index in [0.717, 1.165) is 17.1 Å². The third-order valence-corrected chi connectivity index (χ3v) is 4.64. The van der Waals surface area contributed by atoms with E-state index in [1.807, 2.05) is 38.1 Å². The molecule has 0 spiro atoms. The van der Waals surface area contributed by atoms with Crippen LogP contribution in [0.2, 0.25) is 0 Å². The first-order valence-corrected chi connectivity index (χ1v) is 9.15. The third kappa shape index (κ3) is 3.29. The standard InChI is InChI=1S/C19H21FN6O2/c1-12(2)26-15-6-4-3-5-13(15)16(18(26)27)23-24-19-21-11-14(20)17(22-19)25-7-9-28-10-8-25/h3-6,11-12,27H,7-10H2,1-2H3. The third-order valence-electron chi connectivity index (χ3n) is 4.64. The number of hydrogen-bond acceptors (Lipinski definition) is 7. The molecule has 1 saturated heterocycles. The summed E-state index contributed by atoms with van der Waals surface area (Å²) < 4.78 is 21.2. The van der Waals surface area contributed by atoms with Gasteiger partial charge in [0.1, 0.15) is 0 Å². The predicted molar refractivity (Wildman–Crippen MR) is 103 cm³/mol. The maximum atomic E-state index is 14.2. The number of anilines is 1. The number of azo groups is 1. The van der Waals surface area contributed by atoms with Crippen LogP contribution in [0.1, 0.15) is 19.9 Å². The van der Waals surface area contributed by atoms with Gasteiger partial charge in [-0.05, 0) is 19.9 Å². The van der Waals surface area contributed by atoms with Gasteiger partial charge in [0.15, 0.2) is 17.3 Å². The number of hydrogen-bond donors (Lipinski definition) is 1. The van der Waals surface area contributed by atoms with Crippen molar-refractivity contribution < 1.29 is 14.2 Å². The number of aromatic hydroxyl groups is 1. The van der Waals surface area contributed by atoms with E-state index in [4.69, 9.17) is 4.74 Å². The van der Waals surface area contributed by atoms with Crippen LogP contribution in [-0.4, -0.2) is 45.9 Å². The zero-order chi connectivity index (χ0) is 19.7. The lowest BCUT2D eigenvalue weighted by molar-refractivity contribution is 0.122. The summed E-state index contributed by atoms with van der Waals surface area (Å²) in [6.45, 7) is 6.08. The second-order valence-corrected chi connectivity index (χ2v) is 6.79. The second-order valence-electron chi connectivity index (χ2n) is 6.79. The van der Waals surface area contributed by atoms with E-state index in [2.05, 4.69) is 20.2 Å². The first-order valence-electron chi connectivity index (χ1n) is 9.15. The molecular formula is C19H21FN6O2. The van der Waals surface area contributed by atoms with Crippen molar-refractivity contribution in [2.24, 2.45) is 10.2 Å². The number of nitrogens with zero attached hydrogens (tertiary/aromatic N) is 6. The van der Waals surface area contributed by atoms with Crippen LogP contribution in [0.25, 0.3) is 10.9 Å². The van der Waals surface area contributed by atoms with Crippen LogP contribution in [-0.2, 0) is 4.74 Å². The summed E-state index contributed by atoms with van der Waals surface area (Å²) in [6.07, 6.45) is 1.09. The van der Waals surface area contributed by atoms with Gasteiger partial charge in [-0.25, -0.2) is 9.37 Å². The highest BCUT2D eigenvalue weighted by molar-refractivity contribution is 5.95. The van der Waals surface area contributed by atoms with Crippen LogP contribution in [0.5, 0.6) is 5.88 Å². The number of rotatable bonds is 4. The molecule has 1 aromatic carbocycles. The van der Waals surface area contributed by atoms with E-state index in [-0.39, 0.29) is 23.7 Å². The first kappa shape index (κ1) is 18.3. The molecule has 1 fully saturated rings. The van der Waals surface area contributed by atoms with Gasteiger partial charge in [0.05, 0.1) is 24.9 Å². The Kier molecular flexibility index (Phi) is 4.91. The molecule has 28 heavy (non-hydrogen) atoms. The minimum Gasteiger partial charge on any atom is -0.493 e. The Morgan fingerprint density at radius 3 is 2.68 bits per heavy atom. The van der Waals surface area contributed by atoms with E-state index < -0.39 is 5.82 Å². The van der Waals surface area contributed by atoms with Crippen molar-refractivity contribution in [2.75, 3.05) is 31.2 Å². The average molecular weight is 384 g/mol. The lowest BCUT2D eigenvalue weighted by Crippen LogP contribution is -2.37. The summed E-state index contributed by atoms with van der Waals surface area (Å²) in [5.74, 6) is -0.277. The molecule has 3 heterocycles. The van der Waals surface area contributed by atoms with Gasteiger partial charge in [-0.3, -0.25) is 0 Å². The molecule has 0 bridgehead atoms. The Labute approximate surface area is 161 Å². The summed E-state index contributed by atoms with van der Waals surface area (Å²) in [5, 5.41) is 19.7. The summed E-state index contributed by atoms with van der Waals surface area (Å²) in [7, 11) is 0. The number of benzene rings is 1. The number of halogens is 1. The number of ether oxygens (including phenoxy) is 1. The van der Waals surface area contributed by atoms with Crippen molar-refractivity contribution in [3.63, 3.8) is 0 Å². The summed E-state index contributed by atoms with van der Waals surface area (Å²) in [6, 6.07) is 7.60. The highest BCUT2D eigenvalue weighted by atomic mass is 19.1. The molecule has 1 aliphatic rings. The molecule has 8 nitrogen and oxygen atoms in total. The van der Waals surface area contributed by atoms with E-state index in [1.54, 1.807) is 9.47 Å². The van der Waals surface area contributed by atoms with E-state index in [1.165, 1.54) is 0 Å². The van der Waals surface area contributed by atoms with E-state index >= 15 is 0 Å². The van der Waals surface area contributed by atoms with Crippen LogP contribution >= 0.6 is 0 Å². The van der Waals surface area contributed by atoms with Crippen LogP contribution in [0.3, 0.4) is 0 Å². The van der Waals surface area contributed by atoms with E-state index in [9.17, 15) is 9.50 Å². The van der Waals surface area contributed by atoms with Gasteiger partial charge in [0.2, 0.25) is 5.88 Å². The molecule has 1 N–H and O–H groups in total. The molecule has 146 valence electrons. The predicted octanol–water partition coefficient (Wildman–Crippen LogP) is 4.11. The Hall–Kier alpha value is -3.07. The van der Waals surface area contributed by atoms with Crippen LogP contribution in [0, 0.1) is 5.82 Å². The normalized spacial score (nSPS) is 15.2. The SMILES string of the molecule is CC(C)n1c(O)c(N=Nc2ncc(F)c(N3CCOCC3)n2)c2ccccc21. The molecule has 0 amide bonds. The summed E-state index contributed by atoms with van der Waals surface area (Å²) in [5.41, 5.74) is 1.20. The fraction of sp³-hybridized carbons (Fsp3) is 0.368. The van der Waals surface area contributed by atoms with Crippen LogP contribution in [0.15, 0.2) is 40.7 Å². The van der Waals surface area contributed by atoms with Crippen molar-refractivity contribution in [2.45, 2.75) is 19.9 Å². The van der Waals surface area contributed by atoms with Crippen molar-refractivity contribution in [1.29, 1.82) is 0 Å². The molecule has 2 aromatic heterocycles. The van der Waals surface area contributed by atoms with Crippen molar-refractivity contribution >= 4 is 28.4 Å². The molecule has 0 aliphatic carbocycles. The summed E-state index contributed by atoms with van der Waals surface area (Å²) in [4.78, 5) is 9.90. The molecule has 0 atom stereocenters. The molecule has 0 saturated carbocycles. The smallest absolute Gasteiger partial charge is 0.271 e. The van der Waals surface area contributed by atoms with Gasteiger partial charge in [0, 0.05) is 24.5 Å². The molecule has 1 aliphatic heterocycles. The van der Waals surface area contributed by atoms with Gasteiger partial charge in [0.25, 0.3) is 5.95 Å². The number of fused-ring (bicyclic) bond motifs is 1. The van der Waals surface area contributed by atoms with E-state index in [0.29, 0.717) is 32.0 Å². The monoisotopic (exact) mass is 384 g/mol. The topological polar surface area (TPSA) is 88.1 Å². The zero-order valence-corrected chi connectivity index (χ0v) is 15.7. The highest BCUT2D eigenvalue weighted by Gasteiger charge is 2.20. The fourth-order valence-electron chi connectivity index (χ4n) is 3.34. The number of morpholine rings is 1. The van der Waals surface area contributed by atoms with Gasteiger partial charge in [-0.15, -0.1) is 10.2 Å². The lowest BCUT2D eigenvalue weighted by atomic mass is 10.2. The highest BCUT2D eigenvalue weighted by Crippen LogP contribution is 2.41. The van der Waals surface area contributed by atoms with Crippen molar-refractivity contribution in [3.05, 3.63) is 36.3 Å². The van der Waals surface area contributed by atoms with Crippen molar-refractivity contribution in [1.82, 2.24) is 14.5 Å². The van der Waals surface area contributed by atoms with Crippen LogP contribution in [0.4, 0.5) is 21.8 Å². The number of para-hydroxylation sites is 1. The Bertz CT molecular complexity index is 1030. The Balaban J connectivity index is 1.71. The van der Waals surface area contributed by atoms with Gasteiger partial charge in [-0.2, -0.15) is 4.98 Å². The minimum atomic E-state index is -0.514. The molecule has 9 heteroatoms. The molecule has 3 aromatic rings. The molecule has 0 radical (unpaired) electrons. The largest absolute Gasteiger partial charge is 0.493 e. The van der Waals surface area contributed by atoms with Gasteiger partial charge >= 0.3 is 0 Å². The fourth-order valence-corrected chi connectivity index (χ4v) is 3.34. The van der Waals surface area contributed by atoms with Crippen molar-refractivity contribution in [3.8, 4) is 5.88 Å². The van der Waals surface area contributed by atoms with Gasteiger partial charge in [-0.1, -0.05) is 18.2 Å². The Morgan fingerprint density at radius 1 is 1.18 bits per heavy atom. The zero-order valence-electron chi connectivity index (χ0n) is 15.7. The second kappa shape index (κ2) is 7.51. The average Bonchev–Trinajstić information content (AvgIpc) is 2.99. The molecule has 0 unspecified atom stereocenters. The Morgan fingerprint density at radius 2 is 1.93 bits per heavy atom. The molecule has 4 rings (SSSR count). The number of aromatic nitrogens is 3. The van der Waals surface area contributed by atoms with Crippen LogP contribution < -0.4 is 4.90 Å². The first-order chi connectivity index (χ1) is 13.6. The summed E-state index contributed by atoms with van der Waals surface area (Å²) >= 11 is 0. The minimum absolute atomic E-state index is 0.0236. The quantitative estimate of drug-likeness (QED) is 0.684. The lowest BCUT2D eigenvalue weighted by Gasteiger charge is -2.27. The maximum absolute atomic E-state index is 14.2.